The van der Waals surface area contributed by atoms with Gasteiger partial charge in [-0.15, -0.1) is 0 Å². The molecule has 4 aromatic rings. The van der Waals surface area contributed by atoms with Crippen LogP contribution in [0.4, 0.5) is 0 Å². The van der Waals surface area contributed by atoms with Gasteiger partial charge in [-0.3, -0.25) is 4.79 Å². The highest BCUT2D eigenvalue weighted by Crippen LogP contribution is 2.35. The Morgan fingerprint density at radius 2 is 1.77 bits per heavy atom. The number of phenolic OH excluding ortho intramolecular Hbond substituents is 1. The number of benzene rings is 2. The third kappa shape index (κ3) is 2.43. The maximum absolute atomic E-state index is 12.9. The van der Waals surface area contributed by atoms with Crippen LogP contribution in [0.1, 0.15) is 15.9 Å². The third-order valence-corrected chi connectivity index (χ3v) is 4.37. The Bertz CT molecular complexity index is 1150. The van der Waals surface area contributed by atoms with Crippen molar-refractivity contribution in [2.75, 3.05) is 14.2 Å². The molecule has 2 N–H and O–H groups in total. The van der Waals surface area contributed by atoms with Crippen molar-refractivity contribution in [3.05, 3.63) is 59.8 Å². The van der Waals surface area contributed by atoms with Crippen molar-refractivity contribution in [3.8, 4) is 17.2 Å². The number of methoxy groups -OCH3 is 2. The van der Waals surface area contributed by atoms with Gasteiger partial charge in [-0.05, 0) is 18.2 Å². The minimum Gasteiger partial charge on any atom is -0.507 e. The van der Waals surface area contributed by atoms with E-state index in [1.807, 2.05) is 24.3 Å². The summed E-state index contributed by atoms with van der Waals surface area (Å²) < 4.78 is 10.4. The van der Waals surface area contributed by atoms with Gasteiger partial charge < -0.3 is 19.6 Å². The summed E-state index contributed by atoms with van der Waals surface area (Å²) in [6.45, 7) is 0. The number of phenols is 1. The highest BCUT2D eigenvalue weighted by molar-refractivity contribution is 6.14. The number of nitrogens with one attached hydrogen (secondary N) is 1. The smallest absolute Gasteiger partial charge is 0.198 e. The lowest BCUT2D eigenvalue weighted by molar-refractivity contribution is 0.103. The molecular formula is C20H16N2O4. The summed E-state index contributed by atoms with van der Waals surface area (Å²) in [5, 5.41) is 12.1. The number of fused-ring (bicyclic) bond motifs is 3. The molecule has 0 bridgehead atoms. The monoisotopic (exact) mass is 348 g/mol. The van der Waals surface area contributed by atoms with Crippen LogP contribution in [0, 0.1) is 0 Å². The van der Waals surface area contributed by atoms with Crippen LogP contribution in [0.15, 0.2) is 48.7 Å². The quantitative estimate of drug-likeness (QED) is 0.550. The molecule has 130 valence electrons. The van der Waals surface area contributed by atoms with Crippen molar-refractivity contribution in [3.63, 3.8) is 0 Å². The van der Waals surface area contributed by atoms with Crippen molar-refractivity contribution >= 4 is 27.7 Å². The van der Waals surface area contributed by atoms with E-state index in [-0.39, 0.29) is 17.1 Å². The molecule has 0 unspecified atom stereocenters. The maximum Gasteiger partial charge on any atom is 0.198 e. The number of ether oxygens (including phenoxy) is 2. The summed E-state index contributed by atoms with van der Waals surface area (Å²) in [4.78, 5) is 20.5. The van der Waals surface area contributed by atoms with Crippen LogP contribution < -0.4 is 9.47 Å². The van der Waals surface area contributed by atoms with Crippen molar-refractivity contribution in [2.45, 2.75) is 0 Å². The molecule has 0 saturated heterocycles. The molecule has 2 aromatic carbocycles. The van der Waals surface area contributed by atoms with Crippen LogP contribution in [0.5, 0.6) is 17.2 Å². The van der Waals surface area contributed by atoms with Crippen molar-refractivity contribution in [2.24, 2.45) is 0 Å². The number of carbonyl (C=O) groups excluding carboxylic acids is 1. The average Bonchev–Trinajstić information content (AvgIpc) is 3.05. The molecule has 6 nitrogen and oxygen atoms in total. The zero-order valence-electron chi connectivity index (χ0n) is 14.2. The van der Waals surface area contributed by atoms with Crippen LogP contribution in [-0.2, 0) is 0 Å². The molecule has 0 fully saturated rings. The molecule has 0 aliphatic heterocycles. The summed E-state index contributed by atoms with van der Waals surface area (Å²) in [5.41, 5.74) is 2.17. The van der Waals surface area contributed by atoms with Gasteiger partial charge >= 0.3 is 0 Å². The van der Waals surface area contributed by atoms with E-state index in [4.69, 9.17) is 9.47 Å². The number of pyridine rings is 1. The van der Waals surface area contributed by atoms with E-state index in [9.17, 15) is 9.90 Å². The number of rotatable bonds is 4. The standard InChI is InChI=1S/C20H16N2O4/c1-25-17-8-14(16(23)9-18(17)26-2)19(24)11-7-13-12-5-3-4-6-15(12)22-20(13)21-10-11/h3-10,23H,1-2H3,(H,21,22). The Balaban J connectivity index is 1.85. The number of aromatic amines is 1. The lowest BCUT2D eigenvalue weighted by Gasteiger charge is -2.11. The molecule has 0 amide bonds. The first kappa shape index (κ1) is 16.0. The second kappa shape index (κ2) is 6.07. The van der Waals surface area contributed by atoms with Crippen LogP contribution in [0.25, 0.3) is 21.9 Å². The number of hydrogen-bond acceptors (Lipinski definition) is 5. The Kier molecular flexibility index (Phi) is 3.73. The van der Waals surface area contributed by atoms with Crippen LogP contribution in [-0.4, -0.2) is 35.1 Å². The fourth-order valence-electron chi connectivity index (χ4n) is 3.05. The van der Waals surface area contributed by atoms with E-state index in [0.717, 1.165) is 16.3 Å². The first-order valence-corrected chi connectivity index (χ1v) is 7.98. The third-order valence-electron chi connectivity index (χ3n) is 4.37. The van der Waals surface area contributed by atoms with Gasteiger partial charge in [0.2, 0.25) is 0 Å². The Hall–Kier alpha value is -3.54. The first-order chi connectivity index (χ1) is 12.6. The number of nitrogens with zero attached hydrogens (tertiary/aromatic N) is 1. The van der Waals surface area contributed by atoms with Crippen molar-refractivity contribution in [1.29, 1.82) is 0 Å². The van der Waals surface area contributed by atoms with Gasteiger partial charge in [-0.25, -0.2) is 4.98 Å². The van der Waals surface area contributed by atoms with Gasteiger partial charge in [0.1, 0.15) is 11.4 Å². The summed E-state index contributed by atoms with van der Waals surface area (Å²) in [6, 6.07) is 12.4. The summed E-state index contributed by atoms with van der Waals surface area (Å²) in [5.74, 6) is 0.205. The average molecular weight is 348 g/mol. The van der Waals surface area contributed by atoms with Crippen molar-refractivity contribution < 1.29 is 19.4 Å². The topological polar surface area (TPSA) is 84.4 Å². The number of carbonyl (C=O) groups is 1. The van der Waals surface area contributed by atoms with Gasteiger partial charge in [-0.1, -0.05) is 18.2 Å². The van der Waals surface area contributed by atoms with Crippen LogP contribution in [0.3, 0.4) is 0 Å². The summed E-state index contributed by atoms with van der Waals surface area (Å²) in [7, 11) is 2.94. The number of aromatic nitrogens is 2. The van der Waals surface area contributed by atoms with E-state index in [1.165, 1.54) is 32.5 Å². The fourth-order valence-corrected chi connectivity index (χ4v) is 3.05. The van der Waals surface area contributed by atoms with Crippen LogP contribution in [0.2, 0.25) is 0 Å². The fraction of sp³-hybridized carbons (Fsp3) is 0.100. The molecule has 4 rings (SSSR count). The highest BCUT2D eigenvalue weighted by Gasteiger charge is 2.19. The normalized spacial score (nSPS) is 11.0. The van der Waals surface area contributed by atoms with E-state index in [0.29, 0.717) is 22.7 Å². The van der Waals surface area contributed by atoms with E-state index in [1.54, 1.807) is 6.07 Å². The van der Waals surface area contributed by atoms with Gasteiger partial charge in [0.05, 0.1) is 19.8 Å². The molecule has 2 heterocycles. The molecule has 2 aromatic heterocycles. The molecule has 26 heavy (non-hydrogen) atoms. The molecule has 0 atom stereocenters. The van der Waals surface area contributed by atoms with Gasteiger partial charge in [-0.2, -0.15) is 0 Å². The lowest BCUT2D eigenvalue weighted by atomic mass is 10.0. The van der Waals surface area contributed by atoms with Crippen LogP contribution >= 0.6 is 0 Å². The lowest BCUT2D eigenvalue weighted by Crippen LogP contribution is -2.04. The summed E-state index contributed by atoms with van der Waals surface area (Å²) in [6.07, 6.45) is 1.50. The second-order valence-corrected chi connectivity index (χ2v) is 5.84. The first-order valence-electron chi connectivity index (χ1n) is 7.98. The van der Waals surface area contributed by atoms with Gasteiger partial charge in [0, 0.05) is 34.1 Å². The molecule has 0 spiro atoms. The zero-order valence-corrected chi connectivity index (χ0v) is 14.2. The Labute approximate surface area is 149 Å². The van der Waals surface area contributed by atoms with E-state index >= 15 is 0 Å². The number of para-hydroxylation sites is 1. The number of hydrogen-bond donors (Lipinski definition) is 2. The van der Waals surface area contributed by atoms with Gasteiger partial charge in [0.15, 0.2) is 17.3 Å². The molecule has 0 aliphatic carbocycles. The second-order valence-electron chi connectivity index (χ2n) is 5.84. The highest BCUT2D eigenvalue weighted by atomic mass is 16.5. The number of ketones is 1. The molecule has 0 saturated carbocycles. The minimum atomic E-state index is -0.344. The Morgan fingerprint density at radius 1 is 1.04 bits per heavy atom. The number of aromatic hydroxyl groups is 1. The SMILES string of the molecule is COc1cc(O)c(C(=O)c2cnc3[nH]c4ccccc4c3c2)cc1OC. The molecule has 0 aliphatic rings. The molecule has 6 heteroatoms. The molecule has 0 radical (unpaired) electrons. The largest absolute Gasteiger partial charge is 0.507 e. The summed E-state index contributed by atoms with van der Waals surface area (Å²) >= 11 is 0. The zero-order chi connectivity index (χ0) is 18.3. The molecular weight excluding hydrogens is 332 g/mol. The predicted molar refractivity (Wildman–Crippen MR) is 98.2 cm³/mol. The van der Waals surface area contributed by atoms with E-state index < -0.39 is 0 Å². The predicted octanol–water partition coefficient (Wildman–Crippen LogP) is 3.67. The maximum atomic E-state index is 12.9. The minimum absolute atomic E-state index is 0.128. The van der Waals surface area contributed by atoms with Crippen molar-refractivity contribution in [1.82, 2.24) is 9.97 Å². The Morgan fingerprint density at radius 3 is 2.54 bits per heavy atom. The number of H-pyrrole nitrogens is 1. The van der Waals surface area contributed by atoms with Gasteiger partial charge in [0.25, 0.3) is 0 Å². The van der Waals surface area contributed by atoms with E-state index in [2.05, 4.69) is 9.97 Å².